The zero-order valence-electron chi connectivity index (χ0n) is 52.3. The van der Waals surface area contributed by atoms with Crippen molar-refractivity contribution in [2.24, 2.45) is 0 Å². The molecule has 1 unspecified atom stereocenters. The zero-order chi connectivity index (χ0) is 55.7. The highest BCUT2D eigenvalue weighted by Gasteiger charge is 2.19. The first-order valence-electron chi connectivity index (χ1n) is 34.8. The van der Waals surface area contributed by atoms with E-state index in [9.17, 15) is 14.4 Å². The minimum absolute atomic E-state index is 0.0642. The van der Waals surface area contributed by atoms with Crippen LogP contribution in [0.3, 0.4) is 0 Å². The van der Waals surface area contributed by atoms with Gasteiger partial charge in [-0.25, -0.2) is 0 Å². The summed E-state index contributed by atoms with van der Waals surface area (Å²) in [4.78, 5) is 38.4. The maximum Gasteiger partial charge on any atom is 0.306 e. The van der Waals surface area contributed by atoms with Gasteiger partial charge in [-0.15, -0.1) is 0 Å². The van der Waals surface area contributed by atoms with E-state index < -0.39 is 6.10 Å². The Morgan fingerprint density at radius 3 is 0.714 bits per heavy atom. The molecule has 0 aromatic carbocycles. The lowest BCUT2D eigenvalue weighted by Crippen LogP contribution is -2.30. The number of carbonyl (C=O) groups is 3. The summed E-state index contributed by atoms with van der Waals surface area (Å²) >= 11 is 0. The van der Waals surface area contributed by atoms with Crippen molar-refractivity contribution in [3.63, 3.8) is 0 Å². The molecular weight excluding hydrogens is 949 g/mol. The third-order valence-corrected chi connectivity index (χ3v) is 16.0. The van der Waals surface area contributed by atoms with E-state index in [2.05, 4.69) is 45.1 Å². The van der Waals surface area contributed by atoms with Crippen molar-refractivity contribution in [3.8, 4) is 0 Å². The van der Waals surface area contributed by atoms with Gasteiger partial charge in [0, 0.05) is 19.3 Å². The molecule has 0 aromatic heterocycles. The molecule has 0 radical (unpaired) electrons. The summed E-state index contributed by atoms with van der Waals surface area (Å²) in [5.41, 5.74) is 0. The van der Waals surface area contributed by atoms with E-state index in [4.69, 9.17) is 14.2 Å². The molecule has 0 N–H and O–H groups in total. The Hall–Kier alpha value is -2.11. The molecular formula is C71H134O6. The molecule has 0 aliphatic carbocycles. The van der Waals surface area contributed by atoms with Gasteiger partial charge >= 0.3 is 17.9 Å². The molecule has 0 spiro atoms. The first-order valence-corrected chi connectivity index (χ1v) is 34.8. The smallest absolute Gasteiger partial charge is 0.306 e. The maximum absolute atomic E-state index is 12.9. The Kier molecular flexibility index (Phi) is 64.6. The van der Waals surface area contributed by atoms with Crippen molar-refractivity contribution in [2.45, 2.75) is 399 Å². The van der Waals surface area contributed by atoms with E-state index in [1.54, 1.807) is 0 Å². The third kappa shape index (κ3) is 64.6. The maximum atomic E-state index is 12.9. The van der Waals surface area contributed by atoms with Crippen molar-refractivity contribution in [1.82, 2.24) is 0 Å². The van der Waals surface area contributed by atoms with Crippen molar-refractivity contribution in [1.29, 1.82) is 0 Å². The normalized spacial score (nSPS) is 12.1. The van der Waals surface area contributed by atoms with Gasteiger partial charge in [-0.2, -0.15) is 0 Å². The molecule has 0 aliphatic heterocycles. The van der Waals surface area contributed by atoms with Crippen LogP contribution < -0.4 is 0 Å². The predicted octanol–water partition coefficient (Wildman–Crippen LogP) is 23.8. The summed E-state index contributed by atoms with van der Waals surface area (Å²) in [5.74, 6) is -0.832. The predicted molar refractivity (Wildman–Crippen MR) is 335 cm³/mol. The average molecular weight is 1080 g/mol. The SMILES string of the molecule is CCCCCCC/C=C\C/C=C\CCCCCCCCCCCCCCCC(=O)OCC(COC(=O)CCCCCCCCCCCCCCC)OC(=O)CCCCCCCCCCCCCCCCCCCCCCC. The lowest BCUT2D eigenvalue weighted by atomic mass is 10.0. The van der Waals surface area contributed by atoms with E-state index in [0.717, 1.165) is 64.2 Å². The molecule has 0 heterocycles. The fraction of sp³-hybridized carbons (Fsp3) is 0.901. The van der Waals surface area contributed by atoms with E-state index in [1.807, 2.05) is 0 Å². The summed E-state index contributed by atoms with van der Waals surface area (Å²) in [5, 5.41) is 0. The van der Waals surface area contributed by atoms with Crippen LogP contribution >= 0.6 is 0 Å². The van der Waals surface area contributed by atoms with E-state index in [1.165, 1.54) is 289 Å². The van der Waals surface area contributed by atoms with Crippen molar-refractivity contribution in [3.05, 3.63) is 24.3 Å². The fourth-order valence-corrected chi connectivity index (χ4v) is 10.7. The molecule has 0 amide bonds. The quantitative estimate of drug-likeness (QED) is 0.0261. The first-order chi connectivity index (χ1) is 38.0. The molecule has 1 atom stereocenters. The monoisotopic (exact) mass is 1080 g/mol. The highest BCUT2D eigenvalue weighted by molar-refractivity contribution is 5.71. The number of esters is 3. The summed E-state index contributed by atoms with van der Waals surface area (Å²) in [6, 6.07) is 0. The van der Waals surface area contributed by atoms with Crippen LogP contribution in [0, 0.1) is 0 Å². The molecule has 0 fully saturated rings. The molecule has 0 bridgehead atoms. The van der Waals surface area contributed by atoms with Crippen LogP contribution in [-0.4, -0.2) is 37.2 Å². The Morgan fingerprint density at radius 2 is 0.468 bits per heavy atom. The summed E-state index contributed by atoms with van der Waals surface area (Å²) in [7, 11) is 0. The van der Waals surface area contributed by atoms with Crippen molar-refractivity contribution < 1.29 is 28.6 Å². The van der Waals surface area contributed by atoms with Crippen LogP contribution in [0.1, 0.15) is 393 Å². The van der Waals surface area contributed by atoms with Crippen LogP contribution in [0.4, 0.5) is 0 Å². The van der Waals surface area contributed by atoms with Gasteiger partial charge in [-0.1, -0.05) is 347 Å². The number of carbonyl (C=O) groups excluding carboxylic acids is 3. The van der Waals surface area contributed by atoms with Crippen LogP contribution in [-0.2, 0) is 28.6 Å². The average Bonchev–Trinajstić information content (AvgIpc) is 3.43. The van der Waals surface area contributed by atoms with Gasteiger partial charge < -0.3 is 14.2 Å². The van der Waals surface area contributed by atoms with E-state index in [-0.39, 0.29) is 31.1 Å². The Balaban J connectivity index is 4.22. The molecule has 454 valence electrons. The Bertz CT molecular complexity index is 1240. The number of unbranched alkanes of at least 4 members (excludes halogenated alkanes) is 50. The van der Waals surface area contributed by atoms with E-state index in [0.29, 0.717) is 19.3 Å². The molecule has 0 aromatic rings. The molecule has 77 heavy (non-hydrogen) atoms. The molecule has 0 aliphatic rings. The van der Waals surface area contributed by atoms with Gasteiger partial charge in [0.15, 0.2) is 6.10 Å². The number of allylic oxidation sites excluding steroid dienone is 4. The highest BCUT2D eigenvalue weighted by Crippen LogP contribution is 2.19. The minimum Gasteiger partial charge on any atom is -0.462 e. The number of hydrogen-bond acceptors (Lipinski definition) is 6. The summed E-state index contributed by atoms with van der Waals surface area (Å²) < 4.78 is 17.0. The van der Waals surface area contributed by atoms with Gasteiger partial charge in [0.2, 0.25) is 0 Å². The van der Waals surface area contributed by atoms with Gasteiger partial charge in [0.1, 0.15) is 13.2 Å². The lowest BCUT2D eigenvalue weighted by Gasteiger charge is -2.18. The number of hydrogen-bond donors (Lipinski definition) is 0. The third-order valence-electron chi connectivity index (χ3n) is 16.0. The van der Waals surface area contributed by atoms with E-state index >= 15 is 0 Å². The standard InChI is InChI=1S/C71H134O6/c1-4-7-10-13-16-19-22-25-27-29-31-33-34-35-36-38-39-41-43-46-49-52-55-58-61-64-70(73)76-67-68(66-75-69(72)63-60-57-54-51-48-45-24-21-18-15-12-9-6-3)77-71(74)65-62-59-56-53-50-47-44-42-40-37-32-30-28-26-23-20-17-14-11-8-5-2/h22,25,29,31,68H,4-21,23-24,26-28,30,32-67H2,1-3H3/b25-22-,31-29-. The number of rotatable bonds is 65. The van der Waals surface area contributed by atoms with Gasteiger partial charge in [0.25, 0.3) is 0 Å². The first kappa shape index (κ1) is 74.9. The van der Waals surface area contributed by atoms with Gasteiger partial charge in [-0.05, 0) is 51.4 Å². The van der Waals surface area contributed by atoms with Crippen molar-refractivity contribution in [2.75, 3.05) is 13.2 Å². The van der Waals surface area contributed by atoms with Gasteiger partial charge in [0.05, 0.1) is 0 Å². The molecule has 0 rings (SSSR count). The molecule has 0 saturated heterocycles. The highest BCUT2D eigenvalue weighted by atomic mass is 16.6. The molecule has 0 saturated carbocycles. The molecule has 6 nitrogen and oxygen atoms in total. The van der Waals surface area contributed by atoms with Crippen molar-refractivity contribution >= 4 is 17.9 Å². The minimum atomic E-state index is -0.767. The summed E-state index contributed by atoms with van der Waals surface area (Å²) in [6.07, 6.45) is 80.6. The molecule has 6 heteroatoms. The lowest BCUT2D eigenvalue weighted by molar-refractivity contribution is -0.167. The second-order valence-electron chi connectivity index (χ2n) is 23.8. The fourth-order valence-electron chi connectivity index (χ4n) is 10.7. The Labute approximate surface area is 481 Å². The number of ether oxygens (including phenoxy) is 3. The zero-order valence-corrected chi connectivity index (χ0v) is 52.3. The Morgan fingerprint density at radius 1 is 0.260 bits per heavy atom. The van der Waals surface area contributed by atoms with Gasteiger partial charge in [-0.3, -0.25) is 14.4 Å². The second-order valence-corrected chi connectivity index (χ2v) is 23.8. The van der Waals surface area contributed by atoms with Crippen LogP contribution in [0.5, 0.6) is 0 Å². The van der Waals surface area contributed by atoms with Crippen LogP contribution in [0.15, 0.2) is 24.3 Å². The topological polar surface area (TPSA) is 78.9 Å². The largest absolute Gasteiger partial charge is 0.462 e. The van der Waals surface area contributed by atoms with Crippen LogP contribution in [0.2, 0.25) is 0 Å². The summed E-state index contributed by atoms with van der Waals surface area (Å²) in [6.45, 7) is 6.71. The second kappa shape index (κ2) is 66.4. The van der Waals surface area contributed by atoms with Crippen LogP contribution in [0.25, 0.3) is 0 Å².